The molecule has 0 aliphatic heterocycles. The van der Waals surface area contributed by atoms with Crippen molar-refractivity contribution in [2.75, 3.05) is 6.54 Å². The van der Waals surface area contributed by atoms with Gasteiger partial charge < -0.3 is 9.73 Å². The Kier molecular flexibility index (Phi) is 3.69. The van der Waals surface area contributed by atoms with Crippen LogP contribution < -0.4 is 5.32 Å². The summed E-state index contributed by atoms with van der Waals surface area (Å²) in [5.74, 6) is 0.651. The van der Waals surface area contributed by atoms with E-state index in [4.69, 9.17) is 4.42 Å². The first-order chi connectivity index (χ1) is 9.38. The molecule has 0 saturated heterocycles. The molecule has 1 heterocycles. The molecule has 0 amide bonds. The average Bonchev–Trinajstić information content (AvgIpc) is 2.90. The highest BCUT2D eigenvalue weighted by Gasteiger charge is 2.32. The molecule has 100 valence electrons. The van der Waals surface area contributed by atoms with Gasteiger partial charge in [0.1, 0.15) is 0 Å². The number of nitrogens with one attached hydrogen (secondary N) is 1. The van der Waals surface area contributed by atoms with Crippen LogP contribution in [0, 0.1) is 0 Å². The van der Waals surface area contributed by atoms with Crippen molar-refractivity contribution in [3.8, 4) is 0 Å². The molecule has 1 aliphatic rings. The highest BCUT2D eigenvalue weighted by Crippen LogP contribution is 2.38. The molecule has 0 spiro atoms. The molecule has 0 bridgehead atoms. The minimum atomic E-state index is 0.521. The second-order valence-corrected chi connectivity index (χ2v) is 5.41. The number of hydrogen-bond donors (Lipinski definition) is 1. The number of rotatable bonds is 6. The average molecular weight is 255 g/mol. The van der Waals surface area contributed by atoms with Gasteiger partial charge in [-0.05, 0) is 48.6 Å². The number of furan rings is 1. The molecule has 2 nitrogen and oxygen atoms in total. The van der Waals surface area contributed by atoms with Crippen molar-refractivity contribution >= 4 is 0 Å². The lowest BCUT2D eigenvalue weighted by Gasteiger charge is -2.37. The molecule has 2 unspecified atom stereocenters. The Bertz CT molecular complexity index is 518. The lowest BCUT2D eigenvalue weighted by atomic mass is 9.72. The fourth-order valence-electron chi connectivity index (χ4n) is 3.01. The molecule has 2 atom stereocenters. The molecule has 0 radical (unpaired) electrons. The second kappa shape index (κ2) is 5.62. The SMILES string of the molecule is CCCNC(Cc1ccoc1)C1Cc2ccccc21. The highest BCUT2D eigenvalue weighted by atomic mass is 16.3. The predicted octanol–water partition coefficient (Wildman–Crippen LogP) is 3.53. The lowest BCUT2D eigenvalue weighted by Crippen LogP contribution is -2.41. The molecular formula is C17H21NO. The van der Waals surface area contributed by atoms with Crippen molar-refractivity contribution in [2.45, 2.75) is 38.1 Å². The van der Waals surface area contributed by atoms with Gasteiger partial charge in [-0.25, -0.2) is 0 Å². The van der Waals surface area contributed by atoms with E-state index in [1.807, 2.05) is 6.26 Å². The van der Waals surface area contributed by atoms with Crippen molar-refractivity contribution < 1.29 is 4.42 Å². The quantitative estimate of drug-likeness (QED) is 0.854. The fraction of sp³-hybridized carbons (Fsp3) is 0.412. The number of fused-ring (bicyclic) bond motifs is 1. The maximum Gasteiger partial charge on any atom is 0.0935 e. The zero-order chi connectivity index (χ0) is 13.1. The number of benzene rings is 1. The minimum absolute atomic E-state index is 0.521. The van der Waals surface area contributed by atoms with Gasteiger partial charge in [-0.15, -0.1) is 0 Å². The monoisotopic (exact) mass is 255 g/mol. The molecule has 19 heavy (non-hydrogen) atoms. The summed E-state index contributed by atoms with van der Waals surface area (Å²) in [7, 11) is 0. The van der Waals surface area contributed by atoms with E-state index < -0.39 is 0 Å². The van der Waals surface area contributed by atoms with Crippen LogP contribution in [0.4, 0.5) is 0 Å². The summed E-state index contributed by atoms with van der Waals surface area (Å²) in [6.07, 6.45) is 7.06. The first kappa shape index (κ1) is 12.5. The maximum absolute atomic E-state index is 5.19. The minimum Gasteiger partial charge on any atom is -0.472 e. The Morgan fingerprint density at radius 2 is 2.21 bits per heavy atom. The van der Waals surface area contributed by atoms with Gasteiger partial charge in [-0.2, -0.15) is 0 Å². The molecule has 1 aliphatic carbocycles. The van der Waals surface area contributed by atoms with Gasteiger partial charge in [0.2, 0.25) is 0 Å². The van der Waals surface area contributed by atoms with E-state index in [2.05, 4.69) is 42.6 Å². The zero-order valence-electron chi connectivity index (χ0n) is 11.4. The van der Waals surface area contributed by atoms with Crippen LogP contribution in [0.25, 0.3) is 0 Å². The van der Waals surface area contributed by atoms with Crippen molar-refractivity contribution in [2.24, 2.45) is 0 Å². The summed E-state index contributed by atoms with van der Waals surface area (Å²) in [6, 6.07) is 11.4. The Hall–Kier alpha value is -1.54. The summed E-state index contributed by atoms with van der Waals surface area (Å²) < 4.78 is 5.19. The van der Waals surface area contributed by atoms with E-state index in [-0.39, 0.29) is 0 Å². The normalized spacial score (nSPS) is 18.7. The standard InChI is InChI=1S/C17H21NO/c1-2-8-18-17(10-13-7-9-19-12-13)16-11-14-5-3-4-6-15(14)16/h3-7,9,12,16-18H,2,8,10-11H2,1H3. The van der Waals surface area contributed by atoms with Gasteiger partial charge in [0.25, 0.3) is 0 Å². The van der Waals surface area contributed by atoms with Crippen molar-refractivity contribution in [1.29, 1.82) is 0 Å². The Morgan fingerprint density at radius 3 is 2.95 bits per heavy atom. The largest absolute Gasteiger partial charge is 0.472 e. The second-order valence-electron chi connectivity index (χ2n) is 5.41. The predicted molar refractivity (Wildman–Crippen MR) is 77.4 cm³/mol. The van der Waals surface area contributed by atoms with E-state index in [1.165, 1.54) is 29.5 Å². The van der Waals surface area contributed by atoms with Crippen LogP contribution >= 0.6 is 0 Å². The third kappa shape index (κ3) is 2.59. The van der Waals surface area contributed by atoms with Crippen LogP contribution in [0.3, 0.4) is 0 Å². The van der Waals surface area contributed by atoms with Crippen molar-refractivity contribution in [3.63, 3.8) is 0 Å². The van der Waals surface area contributed by atoms with Crippen LogP contribution in [-0.4, -0.2) is 12.6 Å². The fourth-order valence-corrected chi connectivity index (χ4v) is 3.01. The maximum atomic E-state index is 5.19. The van der Waals surface area contributed by atoms with Gasteiger partial charge in [0, 0.05) is 12.0 Å². The van der Waals surface area contributed by atoms with Gasteiger partial charge in [0.05, 0.1) is 12.5 Å². The third-order valence-corrected chi connectivity index (χ3v) is 4.07. The van der Waals surface area contributed by atoms with Crippen molar-refractivity contribution in [1.82, 2.24) is 5.32 Å². The van der Waals surface area contributed by atoms with Crippen LogP contribution in [0.2, 0.25) is 0 Å². The highest BCUT2D eigenvalue weighted by molar-refractivity contribution is 5.41. The summed E-state index contributed by atoms with van der Waals surface area (Å²) in [4.78, 5) is 0. The summed E-state index contributed by atoms with van der Waals surface area (Å²) in [5.41, 5.74) is 4.33. The summed E-state index contributed by atoms with van der Waals surface area (Å²) >= 11 is 0. The van der Waals surface area contributed by atoms with Crippen LogP contribution in [0.15, 0.2) is 47.3 Å². The molecule has 1 aromatic carbocycles. The Morgan fingerprint density at radius 1 is 1.32 bits per heavy atom. The first-order valence-corrected chi connectivity index (χ1v) is 7.20. The van der Waals surface area contributed by atoms with E-state index >= 15 is 0 Å². The zero-order valence-corrected chi connectivity index (χ0v) is 11.4. The first-order valence-electron chi connectivity index (χ1n) is 7.20. The van der Waals surface area contributed by atoms with Gasteiger partial charge in [-0.3, -0.25) is 0 Å². The summed E-state index contributed by atoms with van der Waals surface area (Å²) in [6.45, 7) is 3.30. The molecule has 0 saturated carbocycles. The van der Waals surface area contributed by atoms with E-state index in [0.29, 0.717) is 12.0 Å². The van der Waals surface area contributed by atoms with Gasteiger partial charge >= 0.3 is 0 Å². The Labute approximate surface area is 114 Å². The topological polar surface area (TPSA) is 25.2 Å². The lowest BCUT2D eigenvalue weighted by molar-refractivity contribution is 0.396. The third-order valence-electron chi connectivity index (χ3n) is 4.07. The van der Waals surface area contributed by atoms with Crippen LogP contribution in [-0.2, 0) is 12.8 Å². The van der Waals surface area contributed by atoms with E-state index in [0.717, 1.165) is 13.0 Å². The molecule has 0 fully saturated rings. The van der Waals surface area contributed by atoms with Gasteiger partial charge in [-0.1, -0.05) is 31.2 Å². The van der Waals surface area contributed by atoms with Crippen LogP contribution in [0.1, 0.15) is 36.0 Å². The molecule has 3 rings (SSSR count). The molecule has 2 heteroatoms. The molecular weight excluding hydrogens is 234 g/mol. The van der Waals surface area contributed by atoms with Crippen LogP contribution in [0.5, 0.6) is 0 Å². The smallest absolute Gasteiger partial charge is 0.0935 e. The molecule has 2 aromatic rings. The Balaban J connectivity index is 1.73. The van der Waals surface area contributed by atoms with E-state index in [9.17, 15) is 0 Å². The van der Waals surface area contributed by atoms with E-state index in [1.54, 1.807) is 6.26 Å². The number of hydrogen-bond acceptors (Lipinski definition) is 2. The van der Waals surface area contributed by atoms with Gasteiger partial charge in [0.15, 0.2) is 0 Å². The molecule has 1 aromatic heterocycles. The van der Waals surface area contributed by atoms with Crippen molar-refractivity contribution in [3.05, 3.63) is 59.5 Å². The molecule has 1 N–H and O–H groups in total. The summed E-state index contributed by atoms with van der Waals surface area (Å²) in [5, 5.41) is 3.71.